The predicted molar refractivity (Wildman–Crippen MR) is 103 cm³/mol. The van der Waals surface area contributed by atoms with E-state index in [1.165, 1.54) is 37.9 Å². The lowest BCUT2D eigenvalue weighted by Gasteiger charge is -2.13. The smallest absolute Gasteiger partial charge is 0.235 e. The molecule has 0 bridgehead atoms. The van der Waals surface area contributed by atoms with E-state index in [0.29, 0.717) is 0 Å². The Morgan fingerprint density at radius 3 is 1.95 bits per heavy atom. The Balaban J connectivity index is 1.92. The lowest BCUT2D eigenvalue weighted by molar-refractivity contribution is -0.485. The summed E-state index contributed by atoms with van der Waals surface area (Å²) < 4.78 is 2.36. The molecule has 2 fully saturated rings. The van der Waals surface area contributed by atoms with Crippen LogP contribution < -0.4 is 0 Å². The van der Waals surface area contributed by atoms with E-state index >= 15 is 0 Å². The molecular weight excluding hydrogens is 330 g/mol. The minimum absolute atomic E-state index is 1.15. The SMILES string of the molecule is CN1CCSC1=CC(=CC1=[N+](C)CCS1)C=C1SCCN1C. The number of rotatable bonds is 3. The van der Waals surface area contributed by atoms with Crippen LogP contribution in [0.4, 0.5) is 0 Å². The lowest BCUT2D eigenvalue weighted by atomic mass is 10.2. The van der Waals surface area contributed by atoms with Crippen LogP contribution in [0.1, 0.15) is 0 Å². The van der Waals surface area contributed by atoms with Crippen LogP contribution in [0.25, 0.3) is 0 Å². The van der Waals surface area contributed by atoms with Crippen molar-refractivity contribution in [2.45, 2.75) is 0 Å². The van der Waals surface area contributed by atoms with Crippen LogP contribution in [0.5, 0.6) is 0 Å². The quantitative estimate of drug-likeness (QED) is 0.719. The molecule has 0 aromatic heterocycles. The van der Waals surface area contributed by atoms with E-state index in [-0.39, 0.29) is 0 Å². The second-order valence-electron chi connectivity index (χ2n) is 5.76. The molecule has 0 amide bonds. The maximum atomic E-state index is 2.36. The van der Waals surface area contributed by atoms with Gasteiger partial charge in [0.25, 0.3) is 0 Å². The molecule has 6 heteroatoms. The molecule has 3 heterocycles. The van der Waals surface area contributed by atoms with Crippen molar-refractivity contribution in [1.82, 2.24) is 9.80 Å². The second-order valence-corrected chi connectivity index (χ2v) is 9.10. The van der Waals surface area contributed by atoms with E-state index in [9.17, 15) is 0 Å². The molecule has 120 valence electrons. The topological polar surface area (TPSA) is 9.49 Å². The van der Waals surface area contributed by atoms with Gasteiger partial charge in [-0.05, 0) is 17.7 Å². The molecule has 0 aromatic rings. The van der Waals surface area contributed by atoms with Gasteiger partial charge >= 0.3 is 0 Å². The Morgan fingerprint density at radius 1 is 0.955 bits per heavy atom. The van der Waals surface area contributed by atoms with E-state index in [0.717, 1.165) is 19.6 Å². The first kappa shape index (κ1) is 16.4. The van der Waals surface area contributed by atoms with Crippen LogP contribution in [-0.4, -0.2) is 77.5 Å². The maximum absolute atomic E-state index is 2.36. The van der Waals surface area contributed by atoms with Crippen LogP contribution in [0.3, 0.4) is 0 Å². The standard InChI is InChI=1S/C16H24N3S3/c1-17-4-7-20-14(17)10-13(11-15-18(2)5-8-21-15)12-16-19(3)6-9-22-16/h10-12H,4-9H2,1-3H3/q+1. The number of hydrogen-bond donors (Lipinski definition) is 0. The summed E-state index contributed by atoms with van der Waals surface area (Å²) in [7, 11) is 6.57. The summed E-state index contributed by atoms with van der Waals surface area (Å²) in [5, 5.41) is 4.17. The van der Waals surface area contributed by atoms with Crippen LogP contribution in [0.2, 0.25) is 0 Å². The van der Waals surface area contributed by atoms with Crippen molar-refractivity contribution in [3.05, 3.63) is 33.9 Å². The van der Waals surface area contributed by atoms with E-state index in [2.05, 4.69) is 53.7 Å². The van der Waals surface area contributed by atoms with Gasteiger partial charge in [-0.1, -0.05) is 11.8 Å². The lowest BCUT2D eigenvalue weighted by Crippen LogP contribution is -2.12. The first-order valence-electron chi connectivity index (χ1n) is 7.67. The summed E-state index contributed by atoms with van der Waals surface area (Å²) in [5.41, 5.74) is 1.32. The van der Waals surface area contributed by atoms with E-state index in [4.69, 9.17) is 0 Å². The van der Waals surface area contributed by atoms with Crippen molar-refractivity contribution in [1.29, 1.82) is 0 Å². The monoisotopic (exact) mass is 354 g/mol. The summed E-state index contributed by atoms with van der Waals surface area (Å²) in [5.74, 6) is 3.60. The molecular formula is C16H24N3S3+. The molecule has 0 N–H and O–H groups in total. The van der Waals surface area contributed by atoms with Gasteiger partial charge in [-0.3, -0.25) is 0 Å². The average Bonchev–Trinajstić information content (AvgIpc) is 3.17. The largest absolute Gasteiger partial charge is 0.369 e. The molecule has 0 aromatic carbocycles. The van der Waals surface area contributed by atoms with Crippen LogP contribution in [0.15, 0.2) is 33.9 Å². The molecule has 3 nitrogen and oxygen atoms in total. The van der Waals surface area contributed by atoms with Gasteiger partial charge in [0.2, 0.25) is 5.04 Å². The van der Waals surface area contributed by atoms with Crippen molar-refractivity contribution in [2.24, 2.45) is 0 Å². The summed E-state index contributed by atoms with van der Waals surface area (Å²) >= 11 is 5.89. The third-order valence-electron chi connectivity index (χ3n) is 4.03. The normalized spacial score (nSPS) is 26.0. The molecule has 3 rings (SSSR count). The molecule has 0 radical (unpaired) electrons. The van der Waals surface area contributed by atoms with Gasteiger partial charge in [-0.15, -0.1) is 23.5 Å². The second kappa shape index (κ2) is 7.41. The predicted octanol–water partition coefficient (Wildman–Crippen LogP) is 2.74. The number of hydrogen-bond acceptors (Lipinski definition) is 5. The van der Waals surface area contributed by atoms with Gasteiger partial charge in [0.15, 0.2) is 6.54 Å². The Labute approximate surface area is 146 Å². The van der Waals surface area contributed by atoms with E-state index in [1.54, 1.807) is 0 Å². The van der Waals surface area contributed by atoms with Crippen LogP contribution in [0, 0.1) is 0 Å². The highest BCUT2D eigenvalue weighted by Crippen LogP contribution is 2.31. The molecule has 3 aliphatic heterocycles. The molecule has 3 aliphatic rings. The Kier molecular flexibility index (Phi) is 5.52. The van der Waals surface area contributed by atoms with E-state index < -0.39 is 0 Å². The molecule has 0 saturated carbocycles. The maximum Gasteiger partial charge on any atom is 0.235 e. The Hall–Kier alpha value is -0.460. The van der Waals surface area contributed by atoms with Crippen molar-refractivity contribution >= 4 is 40.3 Å². The zero-order valence-electron chi connectivity index (χ0n) is 13.5. The van der Waals surface area contributed by atoms with Crippen LogP contribution >= 0.6 is 35.3 Å². The number of allylic oxidation sites excluding steroid dienone is 3. The Bertz CT molecular complexity index is 531. The Morgan fingerprint density at radius 2 is 1.55 bits per heavy atom. The number of thioether (sulfide) groups is 3. The van der Waals surface area contributed by atoms with Crippen molar-refractivity contribution < 1.29 is 4.58 Å². The fraction of sp³-hybridized carbons (Fsp3) is 0.562. The highest BCUT2D eigenvalue weighted by atomic mass is 32.2. The van der Waals surface area contributed by atoms with Gasteiger partial charge in [-0.2, -0.15) is 0 Å². The molecule has 2 saturated heterocycles. The van der Waals surface area contributed by atoms with Crippen molar-refractivity contribution in [2.75, 3.05) is 58.0 Å². The zero-order valence-corrected chi connectivity index (χ0v) is 16.0. The summed E-state index contributed by atoms with van der Waals surface area (Å²) in [6.07, 6.45) is 7.07. The molecule has 0 atom stereocenters. The van der Waals surface area contributed by atoms with Crippen molar-refractivity contribution in [3.63, 3.8) is 0 Å². The van der Waals surface area contributed by atoms with Gasteiger partial charge in [-0.25, -0.2) is 4.58 Å². The number of nitrogens with zero attached hydrogens (tertiary/aromatic N) is 3. The van der Waals surface area contributed by atoms with E-state index in [1.807, 2.05) is 35.3 Å². The third kappa shape index (κ3) is 3.89. The fourth-order valence-electron chi connectivity index (χ4n) is 2.53. The van der Waals surface area contributed by atoms with Gasteiger partial charge < -0.3 is 9.80 Å². The summed E-state index contributed by atoms with van der Waals surface area (Å²) in [6.45, 7) is 3.46. The zero-order chi connectivity index (χ0) is 15.5. The highest BCUT2D eigenvalue weighted by molar-refractivity contribution is 8.14. The molecule has 0 unspecified atom stereocenters. The highest BCUT2D eigenvalue weighted by Gasteiger charge is 2.20. The molecule has 0 aliphatic carbocycles. The summed E-state index contributed by atoms with van der Waals surface area (Å²) in [4.78, 5) is 4.72. The fourth-order valence-corrected chi connectivity index (χ4v) is 5.85. The average molecular weight is 355 g/mol. The molecule has 0 spiro atoms. The van der Waals surface area contributed by atoms with Crippen molar-refractivity contribution in [3.8, 4) is 0 Å². The molecule has 22 heavy (non-hydrogen) atoms. The third-order valence-corrected chi connectivity index (χ3v) is 7.36. The summed E-state index contributed by atoms with van der Waals surface area (Å²) in [6, 6.07) is 0. The first-order valence-corrected chi connectivity index (χ1v) is 10.6. The minimum Gasteiger partial charge on any atom is -0.369 e. The van der Waals surface area contributed by atoms with Crippen LogP contribution in [-0.2, 0) is 0 Å². The van der Waals surface area contributed by atoms with Gasteiger partial charge in [0.1, 0.15) is 7.05 Å². The minimum atomic E-state index is 1.15. The van der Waals surface area contributed by atoms with Gasteiger partial charge in [0.05, 0.1) is 15.8 Å². The first-order chi connectivity index (χ1) is 10.6. The van der Waals surface area contributed by atoms with Gasteiger partial charge in [0, 0.05) is 44.8 Å².